The summed E-state index contributed by atoms with van der Waals surface area (Å²) in [6.07, 6.45) is 7.77. The molecular formula is C13H23NO2. The molecule has 3 heteroatoms. The molecule has 2 fully saturated rings. The zero-order valence-electron chi connectivity index (χ0n) is 9.95. The van der Waals surface area contributed by atoms with Gasteiger partial charge in [-0.15, -0.1) is 0 Å². The summed E-state index contributed by atoms with van der Waals surface area (Å²) in [5.41, 5.74) is 0. The van der Waals surface area contributed by atoms with Crippen molar-refractivity contribution in [3.05, 3.63) is 0 Å². The molecular weight excluding hydrogens is 202 g/mol. The fourth-order valence-corrected chi connectivity index (χ4v) is 2.88. The highest BCUT2D eigenvalue weighted by atomic mass is 16.2. The maximum atomic E-state index is 11.7. The van der Waals surface area contributed by atoms with Gasteiger partial charge in [-0.1, -0.05) is 12.8 Å². The Kier molecular flexibility index (Phi) is 4.22. The van der Waals surface area contributed by atoms with Crippen LogP contribution in [-0.4, -0.2) is 24.2 Å². The molecule has 2 saturated carbocycles. The summed E-state index contributed by atoms with van der Waals surface area (Å²) in [4.78, 5) is 11.7. The van der Waals surface area contributed by atoms with Crippen molar-refractivity contribution in [3.8, 4) is 0 Å². The maximum absolute atomic E-state index is 11.7. The Labute approximate surface area is 97.6 Å². The average molecular weight is 225 g/mol. The first-order valence-corrected chi connectivity index (χ1v) is 6.70. The van der Waals surface area contributed by atoms with Gasteiger partial charge in [-0.05, 0) is 43.9 Å². The molecule has 0 radical (unpaired) electrons. The predicted octanol–water partition coefficient (Wildman–Crippen LogP) is 1.70. The largest absolute Gasteiger partial charge is 0.396 e. The first-order valence-electron chi connectivity index (χ1n) is 6.70. The third-order valence-corrected chi connectivity index (χ3v) is 4.00. The third-order valence-electron chi connectivity index (χ3n) is 4.00. The summed E-state index contributed by atoms with van der Waals surface area (Å²) in [5.74, 6) is 2.39. The van der Waals surface area contributed by atoms with Crippen molar-refractivity contribution in [1.82, 2.24) is 5.32 Å². The lowest BCUT2D eigenvalue weighted by Gasteiger charge is -2.11. The van der Waals surface area contributed by atoms with Gasteiger partial charge in [0.25, 0.3) is 0 Å². The van der Waals surface area contributed by atoms with Crippen molar-refractivity contribution in [2.45, 2.75) is 44.9 Å². The van der Waals surface area contributed by atoms with E-state index in [1.54, 1.807) is 0 Å². The number of hydrogen-bond acceptors (Lipinski definition) is 2. The molecule has 0 saturated heterocycles. The number of carbonyl (C=O) groups is 1. The lowest BCUT2D eigenvalue weighted by atomic mass is 10.0. The first-order chi connectivity index (χ1) is 7.81. The topological polar surface area (TPSA) is 49.3 Å². The average Bonchev–Trinajstić information content (AvgIpc) is 2.90. The van der Waals surface area contributed by atoms with Gasteiger partial charge in [-0.25, -0.2) is 0 Å². The highest BCUT2D eigenvalue weighted by Gasteiger charge is 2.47. The maximum Gasteiger partial charge on any atom is 0.223 e. The fraction of sp³-hybridized carbons (Fsp3) is 0.923. The van der Waals surface area contributed by atoms with E-state index in [2.05, 4.69) is 5.32 Å². The third kappa shape index (κ3) is 3.21. The Balaban J connectivity index is 1.48. The summed E-state index contributed by atoms with van der Waals surface area (Å²) in [7, 11) is 0. The van der Waals surface area contributed by atoms with E-state index >= 15 is 0 Å². The molecule has 3 nitrogen and oxygen atoms in total. The number of hydrogen-bond donors (Lipinski definition) is 2. The number of nitrogens with one attached hydrogen (secondary N) is 1. The van der Waals surface area contributed by atoms with Crippen LogP contribution in [0.3, 0.4) is 0 Å². The van der Waals surface area contributed by atoms with E-state index < -0.39 is 0 Å². The molecule has 92 valence electrons. The monoisotopic (exact) mass is 225 g/mol. The second-order valence-corrected chi connectivity index (χ2v) is 5.35. The molecule has 0 aromatic heterocycles. The second kappa shape index (κ2) is 5.67. The number of carbonyl (C=O) groups excluding carboxylic acids is 1. The van der Waals surface area contributed by atoms with Crippen LogP contribution in [0.2, 0.25) is 0 Å². The van der Waals surface area contributed by atoms with Gasteiger partial charge in [0.1, 0.15) is 0 Å². The summed E-state index contributed by atoms with van der Waals surface area (Å²) in [6, 6.07) is 0. The van der Waals surface area contributed by atoms with Gasteiger partial charge in [0.2, 0.25) is 5.91 Å². The molecule has 2 aliphatic rings. The van der Waals surface area contributed by atoms with Gasteiger partial charge in [-0.3, -0.25) is 4.79 Å². The quantitative estimate of drug-likeness (QED) is 0.648. The predicted molar refractivity (Wildman–Crippen MR) is 62.9 cm³/mol. The molecule has 2 atom stereocenters. The van der Waals surface area contributed by atoms with E-state index in [1.807, 2.05) is 0 Å². The van der Waals surface area contributed by atoms with Crippen LogP contribution in [0.1, 0.15) is 44.9 Å². The van der Waals surface area contributed by atoms with E-state index in [9.17, 15) is 4.79 Å². The smallest absolute Gasteiger partial charge is 0.223 e. The van der Waals surface area contributed by atoms with Crippen LogP contribution >= 0.6 is 0 Å². The molecule has 0 bridgehead atoms. The van der Waals surface area contributed by atoms with E-state index in [1.165, 1.54) is 6.42 Å². The summed E-state index contributed by atoms with van der Waals surface area (Å²) >= 11 is 0. The van der Waals surface area contributed by atoms with Crippen molar-refractivity contribution in [3.63, 3.8) is 0 Å². The van der Waals surface area contributed by atoms with E-state index in [0.29, 0.717) is 5.92 Å². The highest BCUT2D eigenvalue weighted by molar-refractivity contribution is 5.79. The van der Waals surface area contributed by atoms with Gasteiger partial charge in [0, 0.05) is 19.1 Å². The Hall–Kier alpha value is -0.570. The van der Waals surface area contributed by atoms with Crippen LogP contribution in [-0.2, 0) is 4.79 Å². The molecule has 2 N–H and O–H groups in total. The number of aliphatic hydroxyl groups is 1. The van der Waals surface area contributed by atoms with E-state index in [4.69, 9.17) is 5.11 Å². The highest BCUT2D eigenvalue weighted by Crippen LogP contribution is 2.54. The van der Waals surface area contributed by atoms with Crippen molar-refractivity contribution in [1.29, 1.82) is 0 Å². The van der Waals surface area contributed by atoms with Crippen LogP contribution in [0.5, 0.6) is 0 Å². The van der Waals surface area contributed by atoms with Crippen LogP contribution < -0.4 is 5.32 Å². The van der Waals surface area contributed by atoms with Crippen molar-refractivity contribution in [2.75, 3.05) is 13.2 Å². The molecule has 2 rings (SSSR count). The van der Waals surface area contributed by atoms with Gasteiger partial charge in [0.15, 0.2) is 0 Å². The first kappa shape index (κ1) is 11.9. The zero-order chi connectivity index (χ0) is 11.4. The molecule has 16 heavy (non-hydrogen) atoms. The molecule has 0 aromatic rings. The molecule has 0 aliphatic heterocycles. The van der Waals surface area contributed by atoms with E-state index in [0.717, 1.165) is 56.9 Å². The molecule has 0 aromatic carbocycles. The Morgan fingerprint density at radius 1 is 1.06 bits per heavy atom. The van der Waals surface area contributed by atoms with Gasteiger partial charge < -0.3 is 10.4 Å². The van der Waals surface area contributed by atoms with Gasteiger partial charge in [-0.2, -0.15) is 0 Å². The Bertz CT molecular complexity index is 232. The van der Waals surface area contributed by atoms with Crippen LogP contribution in [0, 0.1) is 17.8 Å². The van der Waals surface area contributed by atoms with Crippen molar-refractivity contribution in [2.24, 2.45) is 17.8 Å². The normalized spacial score (nSPS) is 31.2. The van der Waals surface area contributed by atoms with E-state index in [-0.39, 0.29) is 12.5 Å². The fourth-order valence-electron chi connectivity index (χ4n) is 2.88. The summed E-state index contributed by atoms with van der Waals surface area (Å²) in [5, 5.41) is 11.7. The Morgan fingerprint density at radius 2 is 1.75 bits per heavy atom. The minimum Gasteiger partial charge on any atom is -0.396 e. The molecule has 0 heterocycles. The van der Waals surface area contributed by atoms with Gasteiger partial charge in [0.05, 0.1) is 0 Å². The minimum atomic E-state index is 0.286. The number of rotatable bonds is 7. The van der Waals surface area contributed by atoms with Crippen LogP contribution in [0.4, 0.5) is 0 Å². The second-order valence-electron chi connectivity index (χ2n) is 5.35. The lowest BCUT2D eigenvalue weighted by molar-refractivity contribution is -0.125. The standard InChI is InChI=1S/C13H23NO2/c15-6-4-2-1-3-5-14-13(16)12-8-10-7-11(10)9-12/h10-12,15H,1-9H2,(H,14,16). The Morgan fingerprint density at radius 3 is 2.44 bits per heavy atom. The zero-order valence-corrected chi connectivity index (χ0v) is 9.95. The summed E-state index contributed by atoms with van der Waals surface area (Å²) < 4.78 is 0. The molecule has 1 amide bonds. The van der Waals surface area contributed by atoms with Crippen molar-refractivity contribution < 1.29 is 9.90 Å². The van der Waals surface area contributed by atoms with Crippen LogP contribution in [0.15, 0.2) is 0 Å². The molecule has 2 unspecified atom stereocenters. The van der Waals surface area contributed by atoms with Crippen molar-refractivity contribution >= 4 is 5.91 Å². The van der Waals surface area contributed by atoms with Crippen LogP contribution in [0.25, 0.3) is 0 Å². The number of fused-ring (bicyclic) bond motifs is 1. The number of unbranched alkanes of at least 4 members (excludes halogenated alkanes) is 3. The molecule has 0 spiro atoms. The SMILES string of the molecule is O=C(NCCCCCCO)C1CC2CC2C1. The van der Waals surface area contributed by atoms with Gasteiger partial charge >= 0.3 is 0 Å². The molecule has 2 aliphatic carbocycles. The minimum absolute atomic E-state index is 0.286. The number of amides is 1. The number of aliphatic hydroxyl groups excluding tert-OH is 1. The lowest BCUT2D eigenvalue weighted by Crippen LogP contribution is -2.30. The summed E-state index contributed by atoms with van der Waals surface area (Å²) in [6.45, 7) is 1.10.